The van der Waals surface area contributed by atoms with Crippen LogP contribution in [0.5, 0.6) is 5.75 Å². The fourth-order valence-corrected chi connectivity index (χ4v) is 3.89. The zero-order valence-electron chi connectivity index (χ0n) is 21.3. The van der Waals surface area contributed by atoms with Crippen LogP contribution in [0.1, 0.15) is 25.0 Å². The summed E-state index contributed by atoms with van der Waals surface area (Å²) in [6.07, 6.45) is -2.32. The molecule has 1 unspecified atom stereocenters. The van der Waals surface area contributed by atoms with Crippen molar-refractivity contribution in [1.82, 2.24) is 0 Å². The molecule has 0 saturated carbocycles. The number of carbonyl (C=O) groups excluding carboxylic acids is 1. The predicted molar refractivity (Wildman–Crippen MR) is 136 cm³/mol. The third kappa shape index (κ3) is 8.31. The molecule has 0 spiro atoms. The minimum Gasteiger partial charge on any atom is -0.497 e. The van der Waals surface area contributed by atoms with Crippen LogP contribution in [0.4, 0.5) is 0 Å². The maximum Gasteiger partial charge on any atom is 0.303 e. The first kappa shape index (κ1) is 28.2. The van der Waals surface area contributed by atoms with E-state index >= 15 is 0 Å². The second kappa shape index (κ2) is 14.4. The molecule has 198 valence electrons. The lowest BCUT2D eigenvalue weighted by atomic mass is 9.96. The Hall–Kier alpha value is -3.40. The Morgan fingerprint density at radius 2 is 1.84 bits per heavy atom. The van der Waals surface area contributed by atoms with E-state index in [1.165, 1.54) is 6.92 Å². The Morgan fingerprint density at radius 3 is 2.46 bits per heavy atom. The molecule has 0 aliphatic carbocycles. The third-order valence-corrected chi connectivity index (χ3v) is 5.78. The predicted octanol–water partition coefficient (Wildman–Crippen LogP) is 4.72. The number of benzene rings is 2. The van der Waals surface area contributed by atoms with Gasteiger partial charge in [-0.05, 0) is 35.7 Å². The highest BCUT2D eigenvalue weighted by atomic mass is 16.7. The van der Waals surface area contributed by atoms with Crippen LogP contribution in [-0.4, -0.2) is 56.4 Å². The Labute approximate surface area is 216 Å². The number of carbonyl (C=O) groups is 1. The lowest BCUT2D eigenvalue weighted by molar-refractivity contribution is -0.285. The van der Waals surface area contributed by atoms with Crippen LogP contribution < -0.4 is 4.74 Å². The smallest absolute Gasteiger partial charge is 0.303 e. The number of methoxy groups -OCH3 is 1. The van der Waals surface area contributed by atoms with Crippen LogP contribution in [0.25, 0.3) is 10.4 Å². The SMILES string of the molecule is C=CC(C)O[C@@H]1O[C@H](COCc2ccccc2)[C@@H](OC(C)=O)[C@H](OCc2ccc(OC)cc2)[C@H]1N=[N+]=[N-]. The number of hydrogen-bond donors (Lipinski definition) is 0. The standard InChI is InChI=1S/C27H33N3O7/c1-5-18(2)35-27-24(29-30-28)26(34-16-21-11-13-22(32-4)14-12-21)25(36-19(3)31)23(37-27)17-33-15-20-9-7-6-8-10-20/h5-14,18,23-27H,1,15-17H2,2-4H3/t18?,23-,24-,25-,26-,27-/m1/s1. The molecule has 37 heavy (non-hydrogen) atoms. The summed E-state index contributed by atoms with van der Waals surface area (Å²) in [6, 6.07) is 16.1. The monoisotopic (exact) mass is 511 g/mol. The van der Waals surface area contributed by atoms with E-state index in [2.05, 4.69) is 16.6 Å². The van der Waals surface area contributed by atoms with Crippen molar-refractivity contribution in [3.8, 4) is 5.75 Å². The number of esters is 1. The van der Waals surface area contributed by atoms with Crippen molar-refractivity contribution >= 4 is 5.97 Å². The summed E-state index contributed by atoms with van der Waals surface area (Å²) in [7, 11) is 1.59. The maximum absolute atomic E-state index is 12.1. The summed E-state index contributed by atoms with van der Waals surface area (Å²) in [5, 5.41) is 3.91. The molecule has 2 aromatic rings. The number of hydrogen-bond acceptors (Lipinski definition) is 8. The topological polar surface area (TPSA) is 121 Å². The third-order valence-electron chi connectivity index (χ3n) is 5.78. The molecule has 0 bridgehead atoms. The normalized spacial score (nSPS) is 23.9. The van der Waals surface area contributed by atoms with Gasteiger partial charge in [0.15, 0.2) is 12.4 Å². The second-order valence-corrected chi connectivity index (χ2v) is 8.51. The van der Waals surface area contributed by atoms with E-state index in [1.807, 2.05) is 54.6 Å². The molecule has 0 amide bonds. The first-order chi connectivity index (χ1) is 17.9. The van der Waals surface area contributed by atoms with Crippen LogP contribution in [0.3, 0.4) is 0 Å². The van der Waals surface area contributed by atoms with Gasteiger partial charge in [0.1, 0.15) is 24.0 Å². The van der Waals surface area contributed by atoms with Crippen molar-refractivity contribution in [1.29, 1.82) is 0 Å². The van der Waals surface area contributed by atoms with Crippen molar-refractivity contribution in [3.63, 3.8) is 0 Å². The van der Waals surface area contributed by atoms with E-state index in [1.54, 1.807) is 20.1 Å². The van der Waals surface area contributed by atoms with E-state index in [0.29, 0.717) is 12.4 Å². The highest BCUT2D eigenvalue weighted by molar-refractivity contribution is 5.66. The molecule has 2 aromatic carbocycles. The number of ether oxygens (including phenoxy) is 6. The van der Waals surface area contributed by atoms with E-state index in [-0.39, 0.29) is 13.2 Å². The van der Waals surface area contributed by atoms with Gasteiger partial charge in [-0.1, -0.05) is 53.7 Å². The molecule has 0 N–H and O–H groups in total. The van der Waals surface area contributed by atoms with E-state index in [0.717, 1.165) is 11.1 Å². The lowest BCUT2D eigenvalue weighted by Gasteiger charge is -2.44. The Bertz CT molecular complexity index is 1040. The zero-order chi connectivity index (χ0) is 26.6. The molecule has 0 radical (unpaired) electrons. The van der Waals surface area contributed by atoms with Gasteiger partial charge in [-0.15, -0.1) is 6.58 Å². The minimum atomic E-state index is -0.984. The summed E-state index contributed by atoms with van der Waals surface area (Å²) in [5.41, 5.74) is 11.1. The average molecular weight is 512 g/mol. The Kier molecular flexibility index (Phi) is 10.9. The van der Waals surface area contributed by atoms with Gasteiger partial charge in [0.25, 0.3) is 0 Å². The van der Waals surface area contributed by atoms with Crippen LogP contribution in [0.2, 0.25) is 0 Å². The molecule has 1 heterocycles. The second-order valence-electron chi connectivity index (χ2n) is 8.51. The van der Waals surface area contributed by atoms with E-state index in [9.17, 15) is 10.3 Å². The zero-order valence-corrected chi connectivity index (χ0v) is 21.3. The van der Waals surface area contributed by atoms with Gasteiger partial charge in [0, 0.05) is 11.8 Å². The van der Waals surface area contributed by atoms with Crippen molar-refractivity contribution in [3.05, 3.63) is 88.8 Å². The number of rotatable bonds is 13. The molecule has 3 rings (SSSR count). The highest BCUT2D eigenvalue weighted by Gasteiger charge is 2.49. The van der Waals surface area contributed by atoms with Crippen LogP contribution in [-0.2, 0) is 41.7 Å². The van der Waals surface area contributed by atoms with Crippen molar-refractivity contribution in [2.24, 2.45) is 5.11 Å². The Morgan fingerprint density at radius 1 is 1.14 bits per heavy atom. The minimum absolute atomic E-state index is 0.0839. The van der Waals surface area contributed by atoms with Gasteiger partial charge in [0.05, 0.1) is 33.0 Å². The van der Waals surface area contributed by atoms with Gasteiger partial charge in [-0.2, -0.15) is 0 Å². The molecule has 10 heteroatoms. The van der Waals surface area contributed by atoms with Crippen molar-refractivity contribution in [2.75, 3.05) is 13.7 Å². The van der Waals surface area contributed by atoms with Crippen molar-refractivity contribution < 1.29 is 33.2 Å². The molecule has 6 atom stereocenters. The average Bonchev–Trinajstić information content (AvgIpc) is 2.91. The molecular formula is C27H33N3O7. The highest BCUT2D eigenvalue weighted by Crippen LogP contribution is 2.31. The van der Waals surface area contributed by atoms with E-state index < -0.39 is 42.7 Å². The first-order valence-electron chi connectivity index (χ1n) is 12.0. The largest absolute Gasteiger partial charge is 0.497 e. The maximum atomic E-state index is 12.1. The Balaban J connectivity index is 1.86. The first-order valence-corrected chi connectivity index (χ1v) is 12.0. The van der Waals surface area contributed by atoms with Crippen LogP contribution >= 0.6 is 0 Å². The fraction of sp³-hybridized carbons (Fsp3) is 0.444. The van der Waals surface area contributed by atoms with Crippen LogP contribution in [0, 0.1) is 0 Å². The summed E-state index contributed by atoms with van der Waals surface area (Å²) < 4.78 is 35.1. The fourth-order valence-electron chi connectivity index (χ4n) is 3.89. The molecular weight excluding hydrogens is 478 g/mol. The van der Waals surface area contributed by atoms with E-state index in [4.69, 9.17) is 28.4 Å². The summed E-state index contributed by atoms with van der Waals surface area (Å²) in [5.74, 6) is 0.181. The quantitative estimate of drug-likeness (QED) is 0.125. The molecule has 1 aliphatic heterocycles. The van der Waals surface area contributed by atoms with Gasteiger partial charge in [0.2, 0.25) is 0 Å². The van der Waals surface area contributed by atoms with Crippen LogP contribution in [0.15, 0.2) is 72.4 Å². The lowest BCUT2D eigenvalue weighted by Crippen LogP contribution is -2.61. The molecule has 10 nitrogen and oxygen atoms in total. The molecule has 0 aromatic heterocycles. The van der Waals surface area contributed by atoms with Gasteiger partial charge >= 0.3 is 5.97 Å². The molecule has 1 aliphatic rings. The molecule has 1 fully saturated rings. The summed E-state index contributed by atoms with van der Waals surface area (Å²) in [6.45, 7) is 7.40. The van der Waals surface area contributed by atoms with Crippen molar-refractivity contribution in [2.45, 2.75) is 63.8 Å². The van der Waals surface area contributed by atoms with Gasteiger partial charge < -0.3 is 28.4 Å². The number of nitrogens with zero attached hydrogens (tertiary/aromatic N) is 3. The summed E-state index contributed by atoms with van der Waals surface area (Å²) in [4.78, 5) is 15.1. The molecule has 1 saturated heterocycles. The summed E-state index contributed by atoms with van der Waals surface area (Å²) >= 11 is 0. The van der Waals surface area contributed by atoms with Gasteiger partial charge in [-0.3, -0.25) is 4.79 Å². The number of azide groups is 1. The van der Waals surface area contributed by atoms with Gasteiger partial charge in [-0.25, -0.2) is 0 Å².